The fourth-order valence-electron chi connectivity index (χ4n) is 1.49. The van der Waals surface area contributed by atoms with Crippen LogP contribution in [-0.2, 0) is 4.79 Å². The maximum Gasteiger partial charge on any atom is 0.233 e. The predicted octanol–water partition coefficient (Wildman–Crippen LogP) is 1.70. The average Bonchev–Trinajstić information content (AvgIpc) is 2.29. The third-order valence-electron chi connectivity index (χ3n) is 2.88. The van der Waals surface area contributed by atoms with Gasteiger partial charge in [0.1, 0.15) is 0 Å². The molecule has 0 radical (unpaired) electrons. The molecule has 1 rings (SSSR count). The second-order valence-electron chi connectivity index (χ2n) is 4.12. The number of aryl methyl sites for hydroxylation is 2. The van der Waals surface area contributed by atoms with Gasteiger partial charge in [-0.1, -0.05) is 18.2 Å². The smallest absolute Gasteiger partial charge is 0.233 e. The molecule has 0 fully saturated rings. The van der Waals surface area contributed by atoms with E-state index in [1.165, 1.54) is 16.7 Å². The van der Waals surface area contributed by atoms with E-state index in [-0.39, 0.29) is 11.9 Å². The molecule has 16 heavy (non-hydrogen) atoms. The first kappa shape index (κ1) is 12.7. The zero-order valence-electron chi connectivity index (χ0n) is 10.4. The lowest BCUT2D eigenvalue weighted by molar-refractivity contribution is -0.119. The van der Waals surface area contributed by atoms with Crippen LogP contribution in [0.3, 0.4) is 0 Å². The Hall–Kier alpha value is -1.35. The summed E-state index contributed by atoms with van der Waals surface area (Å²) in [6.07, 6.45) is 0. The second kappa shape index (κ2) is 5.66. The van der Waals surface area contributed by atoms with Crippen LogP contribution in [0, 0.1) is 13.8 Å². The number of carbonyl (C=O) groups excluding carboxylic acids is 1. The molecular weight excluding hydrogens is 200 g/mol. The number of likely N-dealkylation sites (N-methyl/N-ethyl adjacent to an activating group) is 1. The first-order valence-electron chi connectivity index (χ1n) is 5.55. The van der Waals surface area contributed by atoms with Gasteiger partial charge >= 0.3 is 0 Å². The lowest BCUT2D eigenvalue weighted by Gasteiger charge is -2.15. The number of rotatable bonds is 4. The highest BCUT2D eigenvalue weighted by Gasteiger charge is 2.07. The fourth-order valence-corrected chi connectivity index (χ4v) is 1.49. The van der Waals surface area contributed by atoms with Crippen molar-refractivity contribution in [3.05, 3.63) is 34.9 Å². The van der Waals surface area contributed by atoms with Gasteiger partial charge in [-0.2, -0.15) is 0 Å². The van der Waals surface area contributed by atoms with E-state index in [0.29, 0.717) is 6.54 Å². The van der Waals surface area contributed by atoms with Crippen molar-refractivity contribution in [3.63, 3.8) is 0 Å². The molecule has 0 aliphatic rings. The van der Waals surface area contributed by atoms with Crippen molar-refractivity contribution in [2.24, 2.45) is 0 Å². The maximum absolute atomic E-state index is 11.1. The summed E-state index contributed by atoms with van der Waals surface area (Å²) in [5.41, 5.74) is 3.79. The minimum Gasteiger partial charge on any atom is -0.358 e. The first-order chi connectivity index (χ1) is 7.54. The summed E-state index contributed by atoms with van der Waals surface area (Å²) in [5, 5.41) is 5.78. The van der Waals surface area contributed by atoms with E-state index in [2.05, 4.69) is 49.6 Å². The molecule has 1 amide bonds. The minimum absolute atomic E-state index is 0.00989. The van der Waals surface area contributed by atoms with Crippen molar-refractivity contribution in [1.29, 1.82) is 0 Å². The Morgan fingerprint density at radius 1 is 1.31 bits per heavy atom. The third kappa shape index (κ3) is 3.35. The molecule has 88 valence electrons. The Balaban J connectivity index is 2.62. The molecule has 0 saturated heterocycles. The molecule has 0 spiro atoms. The molecule has 1 atom stereocenters. The van der Waals surface area contributed by atoms with Gasteiger partial charge in [0.05, 0.1) is 6.54 Å². The van der Waals surface area contributed by atoms with Crippen LogP contribution in [-0.4, -0.2) is 19.5 Å². The monoisotopic (exact) mass is 220 g/mol. The predicted molar refractivity (Wildman–Crippen MR) is 66.4 cm³/mol. The van der Waals surface area contributed by atoms with Gasteiger partial charge < -0.3 is 10.6 Å². The van der Waals surface area contributed by atoms with Crippen molar-refractivity contribution < 1.29 is 4.79 Å². The van der Waals surface area contributed by atoms with Gasteiger partial charge in [-0.3, -0.25) is 4.79 Å². The highest BCUT2D eigenvalue weighted by molar-refractivity contribution is 5.77. The molecule has 0 heterocycles. The summed E-state index contributed by atoms with van der Waals surface area (Å²) < 4.78 is 0. The summed E-state index contributed by atoms with van der Waals surface area (Å²) >= 11 is 0. The van der Waals surface area contributed by atoms with Crippen LogP contribution in [0.15, 0.2) is 18.2 Å². The zero-order valence-corrected chi connectivity index (χ0v) is 10.4. The van der Waals surface area contributed by atoms with Crippen LogP contribution in [0.2, 0.25) is 0 Å². The van der Waals surface area contributed by atoms with Crippen molar-refractivity contribution >= 4 is 5.91 Å². The van der Waals surface area contributed by atoms with Gasteiger partial charge in [-0.05, 0) is 37.5 Å². The van der Waals surface area contributed by atoms with Crippen LogP contribution in [0.1, 0.15) is 29.7 Å². The molecule has 0 bridgehead atoms. The quantitative estimate of drug-likeness (QED) is 0.811. The van der Waals surface area contributed by atoms with E-state index in [9.17, 15) is 4.79 Å². The van der Waals surface area contributed by atoms with Crippen molar-refractivity contribution in [3.8, 4) is 0 Å². The average molecular weight is 220 g/mol. The minimum atomic E-state index is 0.00989. The molecule has 1 aromatic rings. The molecule has 1 unspecified atom stereocenters. The molecule has 0 saturated carbocycles. The van der Waals surface area contributed by atoms with Crippen LogP contribution in [0.4, 0.5) is 0 Å². The topological polar surface area (TPSA) is 41.1 Å². The van der Waals surface area contributed by atoms with E-state index >= 15 is 0 Å². The van der Waals surface area contributed by atoms with E-state index in [1.54, 1.807) is 7.05 Å². The van der Waals surface area contributed by atoms with Gasteiger partial charge in [0, 0.05) is 13.1 Å². The maximum atomic E-state index is 11.1. The molecule has 0 aliphatic heterocycles. The molecule has 0 aromatic heterocycles. The van der Waals surface area contributed by atoms with Crippen LogP contribution < -0.4 is 10.6 Å². The number of hydrogen-bond acceptors (Lipinski definition) is 2. The Morgan fingerprint density at radius 2 is 2.00 bits per heavy atom. The molecule has 3 heteroatoms. The number of benzene rings is 1. The summed E-state index contributed by atoms with van der Waals surface area (Å²) in [6.45, 7) is 6.61. The third-order valence-corrected chi connectivity index (χ3v) is 2.88. The largest absolute Gasteiger partial charge is 0.358 e. The fraction of sp³-hybridized carbons (Fsp3) is 0.462. The SMILES string of the molecule is CNC(=O)CNC(C)c1ccc(C)c(C)c1. The van der Waals surface area contributed by atoms with E-state index < -0.39 is 0 Å². The van der Waals surface area contributed by atoms with Crippen LogP contribution >= 0.6 is 0 Å². The van der Waals surface area contributed by atoms with Crippen LogP contribution in [0.5, 0.6) is 0 Å². The van der Waals surface area contributed by atoms with E-state index in [4.69, 9.17) is 0 Å². The Bertz CT molecular complexity index is 374. The lowest BCUT2D eigenvalue weighted by atomic mass is 10.0. The van der Waals surface area contributed by atoms with E-state index in [0.717, 1.165) is 0 Å². The van der Waals surface area contributed by atoms with Gasteiger partial charge in [-0.25, -0.2) is 0 Å². The van der Waals surface area contributed by atoms with Gasteiger partial charge in [0.25, 0.3) is 0 Å². The van der Waals surface area contributed by atoms with Crippen molar-refractivity contribution in [2.45, 2.75) is 26.8 Å². The Morgan fingerprint density at radius 3 is 2.56 bits per heavy atom. The summed E-state index contributed by atoms with van der Waals surface area (Å²) in [7, 11) is 1.64. The van der Waals surface area contributed by atoms with Gasteiger partial charge in [0.2, 0.25) is 5.91 Å². The lowest BCUT2D eigenvalue weighted by Crippen LogP contribution is -2.32. The number of carbonyl (C=O) groups is 1. The summed E-state index contributed by atoms with van der Waals surface area (Å²) in [5.74, 6) is 0.00989. The molecule has 3 nitrogen and oxygen atoms in total. The second-order valence-corrected chi connectivity index (χ2v) is 4.12. The molecule has 0 aliphatic carbocycles. The molecule has 1 aromatic carbocycles. The van der Waals surface area contributed by atoms with Crippen LogP contribution in [0.25, 0.3) is 0 Å². The summed E-state index contributed by atoms with van der Waals surface area (Å²) in [6, 6.07) is 6.57. The highest BCUT2D eigenvalue weighted by atomic mass is 16.1. The first-order valence-corrected chi connectivity index (χ1v) is 5.55. The van der Waals surface area contributed by atoms with E-state index in [1.807, 2.05) is 0 Å². The Labute approximate surface area is 97.2 Å². The van der Waals surface area contributed by atoms with Crippen molar-refractivity contribution in [1.82, 2.24) is 10.6 Å². The highest BCUT2D eigenvalue weighted by Crippen LogP contribution is 2.16. The standard InChI is InChI=1S/C13H20N2O/c1-9-5-6-12(7-10(9)2)11(3)15-8-13(16)14-4/h5-7,11,15H,8H2,1-4H3,(H,14,16). The number of hydrogen-bond donors (Lipinski definition) is 2. The normalized spacial score (nSPS) is 12.2. The molecular formula is C13H20N2O. The number of nitrogens with one attached hydrogen (secondary N) is 2. The van der Waals surface area contributed by atoms with Crippen molar-refractivity contribution in [2.75, 3.05) is 13.6 Å². The molecule has 2 N–H and O–H groups in total. The summed E-state index contributed by atoms with van der Waals surface area (Å²) in [4.78, 5) is 11.1. The number of amides is 1. The van der Waals surface area contributed by atoms with Gasteiger partial charge in [0.15, 0.2) is 0 Å². The Kier molecular flexibility index (Phi) is 4.50. The zero-order chi connectivity index (χ0) is 12.1. The van der Waals surface area contributed by atoms with Gasteiger partial charge in [-0.15, -0.1) is 0 Å².